The van der Waals surface area contributed by atoms with Gasteiger partial charge in [0.15, 0.2) is 0 Å². The van der Waals surface area contributed by atoms with E-state index in [9.17, 15) is 9.90 Å². The average Bonchev–Trinajstić information content (AvgIpc) is 3.50. The fourth-order valence-electron chi connectivity index (χ4n) is 6.22. The summed E-state index contributed by atoms with van der Waals surface area (Å²) in [6.45, 7) is 8.25. The lowest BCUT2D eigenvalue weighted by Crippen LogP contribution is -2.58. The first-order valence-corrected chi connectivity index (χ1v) is 9.96. The van der Waals surface area contributed by atoms with E-state index >= 15 is 0 Å². The molecule has 4 rings (SSSR count). The van der Waals surface area contributed by atoms with Gasteiger partial charge in [-0.1, -0.05) is 26.8 Å². The molecule has 6 atom stereocenters. The second-order valence-electron chi connectivity index (χ2n) is 9.59. The lowest BCUT2D eigenvalue weighted by molar-refractivity contribution is -0.153. The quantitative estimate of drug-likeness (QED) is 0.472. The van der Waals surface area contributed by atoms with E-state index in [4.69, 9.17) is 14.2 Å². The Labute approximate surface area is 156 Å². The summed E-state index contributed by atoms with van der Waals surface area (Å²) in [7, 11) is 1.42. The minimum atomic E-state index is -0.282. The highest BCUT2D eigenvalue weighted by Crippen LogP contribution is 2.66. The van der Waals surface area contributed by atoms with Crippen LogP contribution in [-0.2, 0) is 19.0 Å². The van der Waals surface area contributed by atoms with Crippen LogP contribution in [0.4, 0.5) is 0 Å². The Kier molecular flexibility index (Phi) is 4.29. The summed E-state index contributed by atoms with van der Waals surface area (Å²) >= 11 is 0. The van der Waals surface area contributed by atoms with E-state index in [0.29, 0.717) is 24.0 Å². The van der Waals surface area contributed by atoms with Crippen molar-refractivity contribution in [2.24, 2.45) is 22.7 Å². The first-order valence-electron chi connectivity index (χ1n) is 9.96. The zero-order valence-corrected chi connectivity index (χ0v) is 16.4. The van der Waals surface area contributed by atoms with Crippen LogP contribution >= 0.6 is 0 Å². The maximum absolute atomic E-state index is 12.1. The standard InChI is InChI=1S/C21H32O5/c1-19(2)15-7-10-21(12-26-21)16(20(15,3)9-8-17(19)22)6-5-13(14-11-25-14)18(23)24-4/h5,14-17,22H,6-12H2,1-4H3/b13-5+/t14-,15-,16-,17+,20+,21-/m1/s1. The van der Waals surface area contributed by atoms with Gasteiger partial charge in [0, 0.05) is 0 Å². The average molecular weight is 364 g/mol. The number of ether oxygens (including phenoxy) is 3. The lowest BCUT2D eigenvalue weighted by Gasteiger charge is -2.60. The molecule has 2 aliphatic heterocycles. The van der Waals surface area contributed by atoms with Gasteiger partial charge in [0.1, 0.15) is 6.10 Å². The van der Waals surface area contributed by atoms with E-state index in [2.05, 4.69) is 20.8 Å². The fraction of sp³-hybridized carbons (Fsp3) is 0.857. The van der Waals surface area contributed by atoms with Crippen LogP contribution in [0.3, 0.4) is 0 Å². The van der Waals surface area contributed by atoms with Gasteiger partial charge >= 0.3 is 5.97 Å². The summed E-state index contributed by atoms with van der Waals surface area (Å²) in [4.78, 5) is 12.1. The fourth-order valence-corrected chi connectivity index (χ4v) is 6.22. The lowest BCUT2D eigenvalue weighted by atomic mass is 9.45. The summed E-state index contributed by atoms with van der Waals surface area (Å²) in [5.41, 5.74) is 0.644. The Morgan fingerprint density at radius 1 is 1.27 bits per heavy atom. The van der Waals surface area contributed by atoms with Crippen molar-refractivity contribution in [3.8, 4) is 0 Å². The number of epoxide rings is 2. The van der Waals surface area contributed by atoms with Gasteiger partial charge in [-0.25, -0.2) is 4.79 Å². The van der Waals surface area contributed by atoms with Gasteiger partial charge in [-0.15, -0.1) is 0 Å². The second kappa shape index (κ2) is 6.05. The number of fused-ring (bicyclic) bond motifs is 1. The van der Waals surface area contributed by atoms with Gasteiger partial charge in [-0.3, -0.25) is 0 Å². The van der Waals surface area contributed by atoms with Crippen LogP contribution in [0.2, 0.25) is 0 Å². The zero-order chi connectivity index (χ0) is 18.7. The molecule has 0 amide bonds. The van der Waals surface area contributed by atoms with Crippen LogP contribution in [0.1, 0.15) is 52.9 Å². The monoisotopic (exact) mass is 364 g/mol. The maximum atomic E-state index is 12.1. The summed E-state index contributed by atoms with van der Waals surface area (Å²) in [6.07, 6.45) is 6.52. The number of carbonyl (C=O) groups excluding carboxylic acids is 1. The van der Waals surface area contributed by atoms with Crippen LogP contribution < -0.4 is 0 Å². The van der Waals surface area contributed by atoms with Gasteiger partial charge in [0.25, 0.3) is 0 Å². The molecule has 0 unspecified atom stereocenters. The Bertz CT molecular complexity index is 616. The van der Waals surface area contributed by atoms with Crippen molar-refractivity contribution in [2.75, 3.05) is 20.3 Å². The van der Waals surface area contributed by atoms with E-state index < -0.39 is 0 Å². The van der Waals surface area contributed by atoms with Crippen LogP contribution in [0, 0.1) is 22.7 Å². The van der Waals surface area contributed by atoms with Crippen LogP contribution in [0.5, 0.6) is 0 Å². The van der Waals surface area contributed by atoms with Gasteiger partial charge < -0.3 is 19.3 Å². The molecule has 4 fully saturated rings. The third kappa shape index (κ3) is 2.74. The van der Waals surface area contributed by atoms with E-state index in [1.54, 1.807) is 0 Å². The SMILES string of the molecule is COC(=O)/C(=C/C[C@H]1[C@@]2(CC[C@@H]3C(C)(C)[C@@H](O)CC[C@@]31C)CO2)[C@H]1CO1. The number of esters is 1. The molecule has 5 heteroatoms. The molecule has 0 radical (unpaired) electrons. The van der Waals surface area contributed by atoms with Crippen molar-refractivity contribution in [2.45, 2.75) is 70.7 Å². The van der Waals surface area contributed by atoms with Crippen LogP contribution in [0.25, 0.3) is 0 Å². The third-order valence-electron chi connectivity index (χ3n) is 7.99. The number of aliphatic hydroxyl groups excluding tert-OH is 1. The number of allylic oxidation sites excluding steroid dienone is 1. The van der Waals surface area contributed by atoms with Gasteiger partial charge in [-0.2, -0.15) is 0 Å². The molecule has 0 bridgehead atoms. The molecule has 1 spiro atoms. The summed E-state index contributed by atoms with van der Waals surface area (Å²) in [5, 5.41) is 10.6. The maximum Gasteiger partial charge on any atom is 0.336 e. The summed E-state index contributed by atoms with van der Waals surface area (Å²) in [6, 6.07) is 0. The summed E-state index contributed by atoms with van der Waals surface area (Å²) in [5.74, 6) is 0.542. The van der Waals surface area contributed by atoms with Crippen molar-refractivity contribution in [1.82, 2.24) is 0 Å². The molecule has 2 aliphatic carbocycles. The number of aliphatic hydroxyl groups is 1. The molecule has 2 saturated heterocycles. The molecular formula is C21H32O5. The molecular weight excluding hydrogens is 332 g/mol. The molecule has 0 aromatic rings. The molecule has 4 aliphatic rings. The number of rotatable bonds is 4. The molecule has 146 valence electrons. The van der Waals surface area contributed by atoms with Crippen molar-refractivity contribution in [1.29, 1.82) is 0 Å². The molecule has 0 aromatic carbocycles. The van der Waals surface area contributed by atoms with Crippen LogP contribution in [0.15, 0.2) is 11.6 Å². The molecule has 0 aromatic heterocycles. The van der Waals surface area contributed by atoms with Gasteiger partial charge in [-0.05, 0) is 54.8 Å². The van der Waals surface area contributed by atoms with Crippen molar-refractivity contribution >= 4 is 5.97 Å². The predicted molar refractivity (Wildman–Crippen MR) is 96.5 cm³/mol. The van der Waals surface area contributed by atoms with Crippen molar-refractivity contribution in [3.05, 3.63) is 11.6 Å². The van der Waals surface area contributed by atoms with Crippen LogP contribution in [-0.4, -0.2) is 49.2 Å². The molecule has 5 nitrogen and oxygen atoms in total. The molecule has 26 heavy (non-hydrogen) atoms. The van der Waals surface area contributed by atoms with Gasteiger partial charge in [0.05, 0.1) is 37.6 Å². The first-order chi connectivity index (χ1) is 12.2. The molecule has 2 heterocycles. The van der Waals surface area contributed by atoms with E-state index in [1.165, 1.54) is 7.11 Å². The number of hydrogen-bond donors (Lipinski definition) is 1. The highest BCUT2D eigenvalue weighted by Gasteiger charge is 2.66. The molecule has 1 N–H and O–H groups in total. The topological polar surface area (TPSA) is 71.6 Å². The first kappa shape index (κ1) is 18.5. The van der Waals surface area contributed by atoms with E-state index in [-0.39, 0.29) is 34.6 Å². The Hall–Kier alpha value is -0.910. The molecule has 2 saturated carbocycles. The Balaban J connectivity index is 1.63. The number of hydrogen-bond acceptors (Lipinski definition) is 5. The highest BCUT2D eigenvalue weighted by atomic mass is 16.6. The van der Waals surface area contributed by atoms with Crippen molar-refractivity contribution < 1.29 is 24.1 Å². The third-order valence-corrected chi connectivity index (χ3v) is 7.99. The second-order valence-corrected chi connectivity index (χ2v) is 9.59. The largest absolute Gasteiger partial charge is 0.466 e. The van der Waals surface area contributed by atoms with Gasteiger partial charge in [0.2, 0.25) is 0 Å². The number of carbonyl (C=O) groups is 1. The highest BCUT2D eigenvalue weighted by molar-refractivity contribution is 5.90. The minimum absolute atomic E-state index is 0.0360. The normalized spacial score (nSPS) is 46.6. The van der Waals surface area contributed by atoms with E-state index in [0.717, 1.165) is 38.7 Å². The Morgan fingerprint density at radius 2 is 1.96 bits per heavy atom. The predicted octanol–water partition coefficient (Wildman–Crippen LogP) is 2.86. The van der Waals surface area contributed by atoms with Crippen molar-refractivity contribution in [3.63, 3.8) is 0 Å². The summed E-state index contributed by atoms with van der Waals surface area (Å²) < 4.78 is 16.3. The number of methoxy groups -OCH3 is 1. The Morgan fingerprint density at radius 3 is 2.54 bits per heavy atom. The smallest absolute Gasteiger partial charge is 0.336 e. The zero-order valence-electron chi connectivity index (χ0n) is 16.4. The minimum Gasteiger partial charge on any atom is -0.466 e. The van der Waals surface area contributed by atoms with E-state index in [1.807, 2.05) is 6.08 Å².